The maximum absolute atomic E-state index is 2.43. The molecular weight excluding hydrogens is 279 g/mol. The Morgan fingerprint density at radius 3 is 2.39 bits per heavy atom. The summed E-state index contributed by atoms with van der Waals surface area (Å²) in [4.78, 5) is 0. The van der Waals surface area contributed by atoms with Gasteiger partial charge in [-0.25, -0.2) is 0 Å². The van der Waals surface area contributed by atoms with E-state index < -0.39 is 13.9 Å². The predicted octanol–water partition coefficient (Wildman–Crippen LogP) is 3.75. The Morgan fingerprint density at radius 2 is 1.72 bits per heavy atom. The van der Waals surface area contributed by atoms with Crippen LogP contribution in [0.3, 0.4) is 0 Å². The molecule has 0 N–H and O–H groups in total. The van der Waals surface area contributed by atoms with E-state index >= 15 is 0 Å². The number of benzene rings is 1. The molecule has 1 nitrogen and oxygen atoms in total. The molecule has 0 spiro atoms. The van der Waals surface area contributed by atoms with Crippen LogP contribution in [0.25, 0.3) is 11.8 Å². The summed E-state index contributed by atoms with van der Waals surface area (Å²) in [6.07, 6.45) is 4.54. The zero-order chi connectivity index (χ0) is 12.7. The van der Waals surface area contributed by atoms with Crippen LogP contribution in [0.1, 0.15) is 18.2 Å². The van der Waals surface area contributed by atoms with Crippen LogP contribution in [0.15, 0.2) is 48.2 Å². The van der Waals surface area contributed by atoms with E-state index in [1.54, 1.807) is 4.35 Å². The number of hydrogen-bond donors (Lipinski definition) is 0. The molecule has 18 heavy (non-hydrogen) atoms. The van der Waals surface area contributed by atoms with Crippen LogP contribution in [0.5, 0.6) is 0 Å². The van der Waals surface area contributed by atoms with Crippen molar-refractivity contribution in [1.82, 2.24) is 4.57 Å². The number of aromatic nitrogens is 1. The first kappa shape index (κ1) is 11.7. The molecule has 1 aromatic carbocycles. The van der Waals surface area contributed by atoms with Crippen molar-refractivity contribution in [3.8, 4) is 5.69 Å². The average molecular weight is 296 g/mol. The second-order valence-corrected chi connectivity index (χ2v) is 10.3. The van der Waals surface area contributed by atoms with Crippen LogP contribution < -0.4 is 0 Å². The molecule has 1 aliphatic carbocycles. The summed E-state index contributed by atoms with van der Waals surface area (Å²) in [7, 11) is 0. The minimum absolute atomic E-state index is 1.08. The van der Waals surface area contributed by atoms with Gasteiger partial charge in [-0.15, -0.1) is 0 Å². The van der Waals surface area contributed by atoms with Crippen LogP contribution in [0, 0.1) is 0 Å². The van der Waals surface area contributed by atoms with E-state index in [-0.39, 0.29) is 0 Å². The van der Waals surface area contributed by atoms with Gasteiger partial charge in [-0.3, -0.25) is 0 Å². The molecule has 0 saturated heterocycles. The zero-order valence-corrected chi connectivity index (χ0v) is 13.2. The fourth-order valence-corrected chi connectivity index (χ4v) is 6.11. The maximum atomic E-state index is 2.43. The molecule has 3 rings (SSSR count). The van der Waals surface area contributed by atoms with E-state index in [0.29, 0.717) is 0 Å². The first-order valence-electron chi connectivity index (χ1n) is 6.32. The van der Waals surface area contributed by atoms with E-state index in [4.69, 9.17) is 0 Å². The van der Waals surface area contributed by atoms with E-state index in [0.717, 1.165) is 0 Å². The number of rotatable bonds is 1. The Kier molecular flexibility index (Phi) is 2.86. The van der Waals surface area contributed by atoms with Crippen molar-refractivity contribution in [2.75, 3.05) is 0 Å². The molecule has 0 radical (unpaired) electrons. The molecule has 0 aliphatic heterocycles. The van der Waals surface area contributed by atoms with E-state index in [1.807, 2.05) is 0 Å². The molecule has 2 aromatic rings. The molecule has 1 heterocycles. The molecule has 0 fully saturated rings. The summed E-state index contributed by atoms with van der Waals surface area (Å²) in [6.45, 7) is 2.25. The van der Waals surface area contributed by atoms with Gasteiger partial charge in [0.15, 0.2) is 0 Å². The van der Waals surface area contributed by atoms with Gasteiger partial charge in [0.1, 0.15) is 0 Å². The van der Waals surface area contributed by atoms with Crippen molar-refractivity contribution in [1.29, 1.82) is 0 Å². The fraction of sp³-hybridized carbons (Fsp3) is 0.188. The van der Waals surface area contributed by atoms with Crippen LogP contribution in [0.4, 0.5) is 0 Å². The number of allylic oxidation sites excluding steroid dienone is 1. The number of hydrogen-bond acceptors (Lipinski definition) is 0. The van der Waals surface area contributed by atoms with Gasteiger partial charge < -0.3 is 0 Å². The topological polar surface area (TPSA) is 4.93 Å². The Morgan fingerprint density at radius 1 is 1.00 bits per heavy atom. The van der Waals surface area contributed by atoms with E-state index in [9.17, 15) is 0 Å². The van der Waals surface area contributed by atoms with Crippen LogP contribution >= 0.6 is 0 Å². The second-order valence-electron chi connectivity index (χ2n) is 5.03. The summed E-state index contributed by atoms with van der Waals surface area (Å²) in [5.74, 6) is 4.87. The Bertz CT molecular complexity index is 656. The van der Waals surface area contributed by atoms with Crippen molar-refractivity contribution < 1.29 is 0 Å². The van der Waals surface area contributed by atoms with Gasteiger partial charge in [-0.05, 0) is 0 Å². The molecule has 90 valence electrons. The molecule has 1 aliphatic rings. The quantitative estimate of drug-likeness (QED) is 0.706. The van der Waals surface area contributed by atoms with Gasteiger partial charge in [-0.2, -0.15) is 0 Å². The van der Waals surface area contributed by atoms with Crippen molar-refractivity contribution in [3.05, 3.63) is 59.4 Å². The number of para-hydroxylation sites is 1. The molecule has 0 atom stereocenters. The van der Waals surface area contributed by atoms with Gasteiger partial charge in [0.25, 0.3) is 0 Å². The van der Waals surface area contributed by atoms with E-state index in [2.05, 4.69) is 71.7 Å². The van der Waals surface area contributed by atoms with Crippen molar-refractivity contribution in [3.63, 3.8) is 0 Å². The van der Waals surface area contributed by atoms with Crippen molar-refractivity contribution in [2.24, 2.45) is 0 Å². The normalized spacial score (nSPS) is 13.5. The summed E-state index contributed by atoms with van der Waals surface area (Å²) in [5.41, 5.74) is 5.57. The van der Waals surface area contributed by atoms with Gasteiger partial charge in [-0.1, -0.05) is 0 Å². The molecule has 1 aromatic heterocycles. The average Bonchev–Trinajstić information content (AvgIpc) is 2.87. The third-order valence-corrected chi connectivity index (χ3v) is 6.88. The van der Waals surface area contributed by atoms with Crippen molar-refractivity contribution in [2.45, 2.75) is 18.4 Å². The first-order chi connectivity index (χ1) is 8.68. The minimum atomic E-state index is -1.08. The summed E-state index contributed by atoms with van der Waals surface area (Å²) in [6, 6.07) is 12.9. The fourth-order valence-electron chi connectivity index (χ4n) is 2.76. The second kappa shape index (κ2) is 4.39. The van der Waals surface area contributed by atoms with Gasteiger partial charge in [0, 0.05) is 0 Å². The third kappa shape index (κ3) is 1.74. The molecular formula is C16H17GeN. The van der Waals surface area contributed by atoms with Gasteiger partial charge in [0.2, 0.25) is 0 Å². The number of nitrogens with zero attached hydrogens (tertiary/aromatic N) is 1. The van der Waals surface area contributed by atoms with Crippen molar-refractivity contribution >= 4 is 24.3 Å². The summed E-state index contributed by atoms with van der Waals surface area (Å²) in [5, 5.41) is 0. The summed E-state index contributed by atoms with van der Waals surface area (Å²) >= 11 is -1.08. The van der Waals surface area contributed by atoms with Gasteiger partial charge >= 0.3 is 112 Å². The SMILES string of the molecule is CC1=Cc2ccn(-c3ccccc3)c2[C]1=[Ge]([CH3])[CH3]. The molecule has 2 heteroatoms. The van der Waals surface area contributed by atoms with Gasteiger partial charge in [0.05, 0.1) is 0 Å². The standard InChI is InChI=1S/C16H17GeN/c1-12-11-13-9-10-18(14-7-5-4-6-8-14)16(13)15(12)17(2)3/h4-11H,1-3H3. The molecule has 0 saturated carbocycles. The van der Waals surface area contributed by atoms with E-state index in [1.165, 1.54) is 22.5 Å². The Labute approximate surface area is 112 Å². The molecule has 0 bridgehead atoms. The van der Waals surface area contributed by atoms with Crippen LogP contribution in [0.2, 0.25) is 11.5 Å². The van der Waals surface area contributed by atoms with Crippen LogP contribution in [-0.2, 0) is 0 Å². The van der Waals surface area contributed by atoms with Crippen LogP contribution in [-0.4, -0.2) is 22.8 Å². The first-order valence-corrected chi connectivity index (χ1v) is 11.6. The monoisotopic (exact) mass is 297 g/mol. The number of fused-ring (bicyclic) bond motifs is 1. The third-order valence-electron chi connectivity index (χ3n) is 3.46. The molecule has 0 amide bonds. The summed E-state index contributed by atoms with van der Waals surface area (Å²) < 4.78 is 3.98. The Balaban J connectivity index is 2.24. The molecule has 0 unspecified atom stereocenters. The Hall–Kier alpha value is -1.35. The zero-order valence-electron chi connectivity index (χ0n) is 11.1. The predicted molar refractivity (Wildman–Crippen MR) is 81.0 cm³/mol.